The molecule has 1 N–H and O–H groups in total. The number of nitrogens with one attached hydrogen (secondary N) is 1. The number of aryl methyl sites for hydroxylation is 1. The van der Waals surface area contributed by atoms with Crippen molar-refractivity contribution in [2.45, 2.75) is 39.8 Å². The number of benzene rings is 3. The number of carbonyl (C=O) groups excluding carboxylic acids is 1. The van der Waals surface area contributed by atoms with Gasteiger partial charge in [-0.25, -0.2) is 0 Å². The average molecular weight is 500 g/mol. The average Bonchev–Trinajstić information content (AvgIpc) is 3.40. The van der Waals surface area contributed by atoms with Gasteiger partial charge >= 0.3 is 0 Å². The molecule has 1 aromatic heterocycles. The maximum Gasteiger partial charge on any atom is 0.273 e. The van der Waals surface area contributed by atoms with E-state index in [1.165, 1.54) is 5.56 Å². The molecular formula is C30H30ClN3O2. The van der Waals surface area contributed by atoms with Crippen LogP contribution in [0.5, 0.6) is 5.75 Å². The Bertz CT molecular complexity index is 1340. The summed E-state index contributed by atoms with van der Waals surface area (Å²) in [5.41, 5.74) is 6.45. The Morgan fingerprint density at radius 2 is 1.69 bits per heavy atom. The number of aromatic amines is 1. The number of aromatic nitrogens is 2. The van der Waals surface area contributed by atoms with E-state index in [4.69, 9.17) is 16.3 Å². The Balaban J connectivity index is 1.52. The van der Waals surface area contributed by atoms with Crippen molar-refractivity contribution in [1.82, 2.24) is 15.1 Å². The number of hydrogen-bond donors (Lipinski definition) is 1. The fourth-order valence-electron chi connectivity index (χ4n) is 4.58. The largest absolute Gasteiger partial charge is 0.494 e. The van der Waals surface area contributed by atoms with Gasteiger partial charge in [0.05, 0.1) is 18.3 Å². The molecule has 1 atom stereocenters. The van der Waals surface area contributed by atoms with Crippen LogP contribution in [0.15, 0.2) is 72.8 Å². The number of fused-ring (bicyclic) bond motifs is 1. The number of amides is 1. The number of halogens is 1. The molecule has 0 saturated carbocycles. The topological polar surface area (TPSA) is 58.2 Å². The monoisotopic (exact) mass is 499 g/mol. The third-order valence-corrected chi connectivity index (χ3v) is 6.87. The van der Waals surface area contributed by atoms with Crippen molar-refractivity contribution >= 4 is 17.5 Å². The number of hydrogen-bond acceptors (Lipinski definition) is 3. The van der Waals surface area contributed by atoms with Crippen LogP contribution in [0.25, 0.3) is 11.3 Å². The Morgan fingerprint density at radius 1 is 1.00 bits per heavy atom. The highest BCUT2D eigenvalue weighted by molar-refractivity contribution is 6.30. The summed E-state index contributed by atoms with van der Waals surface area (Å²) in [5.74, 6) is 1.36. The number of nitrogens with zero attached hydrogens (tertiary/aromatic N) is 2. The normalized spacial score (nSPS) is 15.0. The standard InChI is InChI=1S/C30H30ClN3O2/c1-19(2)16-17-36-25-14-10-23(11-15-25)29-26-27(22-8-4-20(3)5-9-22)32-33-28(26)30(35)34(29)18-21-6-12-24(31)13-7-21/h4-15,19,29H,16-18H2,1-3H3,(H,32,33). The van der Waals surface area contributed by atoms with Gasteiger partial charge < -0.3 is 9.64 Å². The number of rotatable bonds is 8. The van der Waals surface area contributed by atoms with Crippen molar-refractivity contribution in [1.29, 1.82) is 0 Å². The molecule has 1 unspecified atom stereocenters. The van der Waals surface area contributed by atoms with Crippen molar-refractivity contribution in [3.8, 4) is 17.0 Å². The predicted molar refractivity (Wildman–Crippen MR) is 143 cm³/mol. The van der Waals surface area contributed by atoms with Crippen LogP contribution in [0.1, 0.15) is 59.1 Å². The summed E-state index contributed by atoms with van der Waals surface area (Å²) in [6.45, 7) is 7.58. The second kappa shape index (κ2) is 10.2. The second-order valence-corrected chi connectivity index (χ2v) is 10.2. The zero-order valence-electron chi connectivity index (χ0n) is 20.8. The first kappa shape index (κ1) is 24.1. The molecule has 0 saturated heterocycles. The molecule has 3 aromatic carbocycles. The van der Waals surface area contributed by atoms with Crippen LogP contribution >= 0.6 is 11.6 Å². The summed E-state index contributed by atoms with van der Waals surface area (Å²) >= 11 is 6.10. The maximum absolute atomic E-state index is 13.6. The van der Waals surface area contributed by atoms with Gasteiger partial charge in [-0.1, -0.05) is 79.5 Å². The zero-order chi connectivity index (χ0) is 25.2. The van der Waals surface area contributed by atoms with E-state index in [2.05, 4.69) is 67.4 Å². The summed E-state index contributed by atoms with van der Waals surface area (Å²) in [7, 11) is 0. The molecule has 0 aliphatic carbocycles. The summed E-state index contributed by atoms with van der Waals surface area (Å²) in [5, 5.41) is 8.29. The predicted octanol–water partition coefficient (Wildman–Crippen LogP) is 7.21. The van der Waals surface area contributed by atoms with E-state index in [-0.39, 0.29) is 11.9 Å². The first-order valence-corrected chi connectivity index (χ1v) is 12.7. The lowest BCUT2D eigenvalue weighted by Gasteiger charge is -2.27. The Hall–Kier alpha value is -3.57. The van der Waals surface area contributed by atoms with Gasteiger partial charge in [0.1, 0.15) is 11.4 Å². The fourth-order valence-corrected chi connectivity index (χ4v) is 4.71. The smallest absolute Gasteiger partial charge is 0.273 e. The third kappa shape index (κ3) is 4.89. The third-order valence-electron chi connectivity index (χ3n) is 6.61. The highest BCUT2D eigenvalue weighted by atomic mass is 35.5. The van der Waals surface area contributed by atoms with E-state index in [0.717, 1.165) is 40.1 Å². The lowest BCUT2D eigenvalue weighted by atomic mass is 9.95. The van der Waals surface area contributed by atoms with Crippen molar-refractivity contribution < 1.29 is 9.53 Å². The molecule has 0 radical (unpaired) electrons. The molecule has 2 heterocycles. The molecule has 184 valence electrons. The number of carbonyl (C=O) groups is 1. The lowest BCUT2D eigenvalue weighted by molar-refractivity contribution is 0.0730. The SMILES string of the molecule is Cc1ccc(-c2n[nH]c3c2C(c2ccc(OCCC(C)C)cc2)N(Cc2ccc(Cl)cc2)C3=O)cc1. The van der Waals surface area contributed by atoms with Crippen molar-refractivity contribution in [2.24, 2.45) is 5.92 Å². The first-order valence-electron chi connectivity index (χ1n) is 12.3. The summed E-state index contributed by atoms with van der Waals surface area (Å²) < 4.78 is 5.94. The molecule has 4 aromatic rings. The van der Waals surface area contributed by atoms with Gasteiger partial charge in [0, 0.05) is 22.7 Å². The molecule has 6 heteroatoms. The van der Waals surface area contributed by atoms with E-state index < -0.39 is 0 Å². The Labute approximate surface area is 217 Å². The molecule has 0 bridgehead atoms. The van der Waals surface area contributed by atoms with E-state index in [1.807, 2.05) is 41.3 Å². The highest BCUT2D eigenvalue weighted by Crippen LogP contribution is 2.43. The summed E-state index contributed by atoms with van der Waals surface area (Å²) in [6, 6.07) is 23.7. The van der Waals surface area contributed by atoms with Gasteiger partial charge in [0.2, 0.25) is 0 Å². The van der Waals surface area contributed by atoms with Crippen LogP contribution in [0.2, 0.25) is 5.02 Å². The van der Waals surface area contributed by atoms with Crippen LogP contribution in [-0.2, 0) is 6.54 Å². The Kier molecular flexibility index (Phi) is 6.84. The number of H-pyrrole nitrogens is 1. The fraction of sp³-hybridized carbons (Fsp3) is 0.267. The van der Waals surface area contributed by atoms with Crippen LogP contribution < -0.4 is 4.74 Å². The van der Waals surface area contributed by atoms with E-state index in [0.29, 0.717) is 29.8 Å². The quantitative estimate of drug-likeness (QED) is 0.278. The summed E-state index contributed by atoms with van der Waals surface area (Å²) in [4.78, 5) is 15.5. The van der Waals surface area contributed by atoms with E-state index in [9.17, 15) is 4.79 Å². The van der Waals surface area contributed by atoms with Crippen molar-refractivity contribution in [2.75, 3.05) is 6.61 Å². The molecule has 1 aliphatic rings. The van der Waals surface area contributed by atoms with E-state index >= 15 is 0 Å². The van der Waals surface area contributed by atoms with E-state index in [1.54, 1.807) is 0 Å². The molecule has 1 amide bonds. The highest BCUT2D eigenvalue weighted by Gasteiger charge is 2.42. The Morgan fingerprint density at radius 3 is 2.36 bits per heavy atom. The van der Waals surface area contributed by atoms with Gasteiger partial charge in [-0.2, -0.15) is 5.10 Å². The minimum Gasteiger partial charge on any atom is -0.494 e. The lowest BCUT2D eigenvalue weighted by Crippen LogP contribution is -2.29. The molecule has 1 aliphatic heterocycles. The molecule has 0 fully saturated rings. The van der Waals surface area contributed by atoms with Crippen molar-refractivity contribution in [3.63, 3.8) is 0 Å². The van der Waals surface area contributed by atoms with Gasteiger partial charge in [0.25, 0.3) is 5.91 Å². The minimum atomic E-state index is -0.275. The van der Waals surface area contributed by atoms with Crippen LogP contribution in [0, 0.1) is 12.8 Å². The number of ether oxygens (including phenoxy) is 1. The van der Waals surface area contributed by atoms with Crippen LogP contribution in [-0.4, -0.2) is 27.6 Å². The first-order chi connectivity index (χ1) is 17.4. The van der Waals surface area contributed by atoms with Gasteiger partial charge in [-0.05, 0) is 54.7 Å². The minimum absolute atomic E-state index is 0.0620. The molecular weight excluding hydrogens is 470 g/mol. The van der Waals surface area contributed by atoms with Gasteiger partial charge in [-0.3, -0.25) is 9.89 Å². The second-order valence-electron chi connectivity index (χ2n) is 9.79. The molecule has 0 spiro atoms. The molecule has 5 nitrogen and oxygen atoms in total. The van der Waals surface area contributed by atoms with Gasteiger partial charge in [-0.15, -0.1) is 0 Å². The van der Waals surface area contributed by atoms with Gasteiger partial charge in [0.15, 0.2) is 0 Å². The maximum atomic E-state index is 13.6. The molecule has 36 heavy (non-hydrogen) atoms. The van der Waals surface area contributed by atoms with Crippen LogP contribution in [0.3, 0.4) is 0 Å². The molecule has 5 rings (SSSR count). The summed E-state index contributed by atoms with van der Waals surface area (Å²) in [6.07, 6.45) is 1.01. The zero-order valence-corrected chi connectivity index (χ0v) is 21.5. The van der Waals surface area contributed by atoms with Crippen LogP contribution in [0.4, 0.5) is 0 Å². The van der Waals surface area contributed by atoms with Crippen molar-refractivity contribution in [3.05, 3.63) is 106 Å².